The number of methoxy groups -OCH3 is 2. The van der Waals surface area contributed by atoms with E-state index in [1.807, 2.05) is 0 Å². The number of aromatic nitrogens is 5. The molecule has 2 atom stereocenters. The third-order valence-electron chi connectivity index (χ3n) is 6.51. The molecule has 1 amide bonds. The molecule has 1 N–H and O–H groups in total. The van der Waals surface area contributed by atoms with Crippen LogP contribution >= 0.6 is 11.3 Å². The quantitative estimate of drug-likeness (QED) is 0.250. The number of thiophene rings is 1. The number of amides is 1. The molecular weight excluding hydrogens is 555 g/mol. The van der Waals surface area contributed by atoms with Gasteiger partial charge in [-0.25, -0.2) is 13.8 Å². The number of fused-ring (bicyclic) bond motifs is 1. The van der Waals surface area contributed by atoms with Gasteiger partial charge in [-0.3, -0.25) is 14.2 Å². The van der Waals surface area contributed by atoms with Gasteiger partial charge in [0.15, 0.2) is 0 Å². The molecule has 0 saturated heterocycles. The normalized spacial score (nSPS) is 13.1. The molecule has 41 heavy (non-hydrogen) atoms. The van der Waals surface area contributed by atoms with Crippen molar-refractivity contribution in [2.75, 3.05) is 27.4 Å². The lowest BCUT2D eigenvalue weighted by atomic mass is 10.1. The summed E-state index contributed by atoms with van der Waals surface area (Å²) < 4.78 is 33.4. The Morgan fingerprint density at radius 3 is 2.46 bits per heavy atom. The minimum Gasteiger partial charge on any atom is -0.496 e. The summed E-state index contributed by atoms with van der Waals surface area (Å²) in [5.74, 6) is -0.631. The van der Waals surface area contributed by atoms with Crippen LogP contribution in [0, 0.1) is 12.7 Å². The zero-order valence-electron chi connectivity index (χ0n) is 23.7. The number of hydrogen-bond donors (Lipinski definition) is 1. The Morgan fingerprint density at radius 1 is 1.12 bits per heavy atom. The second kappa shape index (κ2) is 12.7. The van der Waals surface area contributed by atoms with Crippen LogP contribution in [-0.2, 0) is 20.8 Å². The highest BCUT2D eigenvalue weighted by atomic mass is 32.1. The number of halogens is 1. The number of carbonyl (C=O) groups excluding carboxylic acids is 1. The van der Waals surface area contributed by atoms with Crippen LogP contribution in [0.2, 0.25) is 0 Å². The molecule has 0 bridgehead atoms. The monoisotopic (exact) mass is 588 g/mol. The topological polar surface area (TPSA) is 132 Å². The van der Waals surface area contributed by atoms with E-state index in [1.165, 1.54) is 61.1 Å². The highest BCUT2D eigenvalue weighted by molar-refractivity contribution is 7.21. The highest BCUT2D eigenvalue weighted by Gasteiger charge is 2.29. The molecule has 14 heteroatoms. The van der Waals surface area contributed by atoms with Gasteiger partial charge in [-0.2, -0.15) is 10.2 Å². The second-order valence-electron chi connectivity index (χ2n) is 9.68. The van der Waals surface area contributed by atoms with Crippen molar-refractivity contribution in [3.05, 3.63) is 68.4 Å². The molecular formula is C27H33FN6O6S. The van der Waals surface area contributed by atoms with Crippen LogP contribution in [0.15, 0.2) is 40.2 Å². The van der Waals surface area contributed by atoms with Gasteiger partial charge in [0, 0.05) is 24.3 Å². The molecule has 4 aromatic rings. The fourth-order valence-electron chi connectivity index (χ4n) is 4.53. The molecule has 0 radical (unpaired) electrons. The Balaban J connectivity index is 1.98. The Kier molecular flexibility index (Phi) is 9.35. The number of ether oxygens (including phenoxy) is 3. The molecule has 3 heterocycles. The number of benzene rings is 1. The maximum absolute atomic E-state index is 14.4. The molecule has 0 fully saturated rings. The molecule has 4 rings (SSSR count). The largest absolute Gasteiger partial charge is 0.496 e. The summed E-state index contributed by atoms with van der Waals surface area (Å²) in [5.41, 5.74) is -0.412. The van der Waals surface area contributed by atoms with Crippen LogP contribution in [0.4, 0.5) is 4.39 Å². The van der Waals surface area contributed by atoms with Gasteiger partial charge in [-0.1, -0.05) is 11.3 Å². The number of nitrogens with zero attached hydrogens (tertiary/aromatic N) is 5. The van der Waals surface area contributed by atoms with E-state index in [1.54, 1.807) is 20.8 Å². The molecule has 0 aliphatic heterocycles. The van der Waals surface area contributed by atoms with Crippen molar-refractivity contribution in [3.8, 4) is 10.8 Å². The second-order valence-corrected chi connectivity index (χ2v) is 10.7. The van der Waals surface area contributed by atoms with E-state index in [0.717, 1.165) is 15.9 Å². The van der Waals surface area contributed by atoms with Crippen LogP contribution in [0.25, 0.3) is 15.2 Å². The average molecular weight is 589 g/mol. The van der Waals surface area contributed by atoms with Gasteiger partial charge in [-0.15, -0.1) is 4.80 Å². The van der Waals surface area contributed by atoms with Gasteiger partial charge in [0.2, 0.25) is 5.91 Å². The Bertz CT molecular complexity index is 1640. The summed E-state index contributed by atoms with van der Waals surface area (Å²) in [6.45, 7) is 7.07. The predicted octanol–water partition coefficient (Wildman–Crippen LogP) is 2.75. The predicted molar refractivity (Wildman–Crippen MR) is 152 cm³/mol. The first-order chi connectivity index (χ1) is 19.6. The number of nitrogens with one attached hydrogen (secondary N) is 1. The highest BCUT2D eigenvalue weighted by Crippen LogP contribution is 2.34. The van der Waals surface area contributed by atoms with Gasteiger partial charge in [0.05, 0.1) is 44.6 Å². The molecule has 0 saturated carbocycles. The number of aryl methyl sites for hydroxylation is 1. The molecule has 12 nitrogen and oxygen atoms in total. The van der Waals surface area contributed by atoms with Crippen molar-refractivity contribution >= 4 is 27.5 Å². The minimum atomic E-state index is -1.12. The van der Waals surface area contributed by atoms with Crippen LogP contribution in [-0.4, -0.2) is 63.5 Å². The number of rotatable bonds is 12. The van der Waals surface area contributed by atoms with Gasteiger partial charge in [0.25, 0.3) is 5.56 Å². The van der Waals surface area contributed by atoms with Crippen LogP contribution in [0.1, 0.15) is 44.0 Å². The fourth-order valence-corrected chi connectivity index (χ4v) is 5.75. The first-order valence-corrected chi connectivity index (χ1v) is 13.8. The van der Waals surface area contributed by atoms with Crippen molar-refractivity contribution in [1.29, 1.82) is 0 Å². The van der Waals surface area contributed by atoms with Gasteiger partial charge in [-0.05, 0) is 45.9 Å². The Hall–Kier alpha value is -3.88. The van der Waals surface area contributed by atoms with Crippen molar-refractivity contribution in [2.24, 2.45) is 0 Å². The summed E-state index contributed by atoms with van der Waals surface area (Å²) in [6, 6.07) is 2.71. The summed E-state index contributed by atoms with van der Waals surface area (Å²) in [4.78, 5) is 42.6. The summed E-state index contributed by atoms with van der Waals surface area (Å²) in [7, 11) is 2.97. The molecule has 0 aliphatic rings. The first kappa shape index (κ1) is 30.1. The molecule has 0 spiro atoms. The number of hydrogen-bond acceptors (Lipinski definition) is 9. The Morgan fingerprint density at radius 2 is 1.83 bits per heavy atom. The van der Waals surface area contributed by atoms with E-state index in [9.17, 15) is 18.8 Å². The van der Waals surface area contributed by atoms with Gasteiger partial charge < -0.3 is 19.5 Å². The van der Waals surface area contributed by atoms with E-state index in [0.29, 0.717) is 26.7 Å². The number of carbonyl (C=O) groups is 1. The molecule has 0 aliphatic carbocycles. The van der Waals surface area contributed by atoms with E-state index in [4.69, 9.17) is 14.2 Å². The maximum Gasteiger partial charge on any atom is 0.332 e. The summed E-state index contributed by atoms with van der Waals surface area (Å²) in [5, 5.41) is 11.9. The van der Waals surface area contributed by atoms with Crippen LogP contribution in [0.5, 0.6) is 5.75 Å². The summed E-state index contributed by atoms with van der Waals surface area (Å²) >= 11 is 1.16. The lowest BCUT2D eigenvalue weighted by Gasteiger charge is -2.23. The van der Waals surface area contributed by atoms with Gasteiger partial charge in [0.1, 0.15) is 33.5 Å². The molecule has 3 aromatic heterocycles. The van der Waals surface area contributed by atoms with E-state index in [2.05, 4.69) is 15.5 Å². The maximum atomic E-state index is 14.4. The molecule has 220 valence electrons. The van der Waals surface area contributed by atoms with E-state index < -0.39 is 35.1 Å². The average Bonchev–Trinajstić information content (AvgIpc) is 3.58. The molecule has 1 aromatic carbocycles. The van der Waals surface area contributed by atoms with Crippen molar-refractivity contribution in [2.45, 2.75) is 52.4 Å². The lowest BCUT2D eigenvalue weighted by Crippen LogP contribution is -2.47. The third-order valence-corrected chi connectivity index (χ3v) is 7.79. The Labute approximate surface area is 239 Å². The zero-order valence-corrected chi connectivity index (χ0v) is 24.5. The SMILES string of the molecule is COCCOC(Cn1c(=O)n(C(C)C(=O)NC(C)C)c(=O)c2c(C)c(-n3nccn3)sc21)c1cc(F)ccc1OC. The minimum absolute atomic E-state index is 0.121. The van der Waals surface area contributed by atoms with Crippen molar-refractivity contribution in [1.82, 2.24) is 29.4 Å². The smallest absolute Gasteiger partial charge is 0.332 e. The zero-order chi connectivity index (χ0) is 29.8. The van der Waals surface area contributed by atoms with Crippen molar-refractivity contribution < 1.29 is 23.4 Å². The third kappa shape index (κ3) is 6.09. The lowest BCUT2D eigenvalue weighted by molar-refractivity contribution is -0.124. The molecule has 2 unspecified atom stereocenters. The van der Waals surface area contributed by atoms with Crippen LogP contribution < -0.4 is 21.3 Å². The first-order valence-electron chi connectivity index (χ1n) is 13.0. The van der Waals surface area contributed by atoms with Crippen LogP contribution in [0.3, 0.4) is 0 Å². The van der Waals surface area contributed by atoms with E-state index in [-0.39, 0.29) is 31.2 Å². The summed E-state index contributed by atoms with van der Waals surface area (Å²) in [6.07, 6.45) is 2.13. The van der Waals surface area contributed by atoms with Crippen molar-refractivity contribution in [3.63, 3.8) is 0 Å². The van der Waals surface area contributed by atoms with E-state index >= 15 is 0 Å². The standard InChI is InChI=1S/C27H33FN6O6S/c1-15(2)31-23(35)17(4)33-24(36)22-16(3)25(34-29-9-10-30-34)41-26(22)32(27(33)37)14-21(40-12-11-38-5)19-13-18(28)7-8-20(19)39-6/h7-10,13,15,17,21H,11-12,14H2,1-6H3,(H,31,35). The van der Waals surface area contributed by atoms with Gasteiger partial charge >= 0.3 is 5.69 Å². The fraction of sp³-hybridized carbons (Fsp3) is 0.444.